The maximum Gasteiger partial charge on any atom is 0.328 e. The number of rotatable bonds is 5. The van der Waals surface area contributed by atoms with E-state index in [1.807, 2.05) is 44.2 Å². The smallest absolute Gasteiger partial charge is 0.328 e. The van der Waals surface area contributed by atoms with Crippen LogP contribution >= 0.6 is 15.9 Å². The molecule has 2 aromatic carbocycles. The summed E-state index contributed by atoms with van der Waals surface area (Å²) in [5, 5.41) is 2.78. The molecular formula is C19H20BrNO3. The lowest BCUT2D eigenvalue weighted by Gasteiger charge is -2.17. The monoisotopic (exact) mass is 389 g/mol. The highest BCUT2D eigenvalue weighted by atomic mass is 79.9. The summed E-state index contributed by atoms with van der Waals surface area (Å²) in [6.45, 7) is 3.87. The second-order valence-corrected chi connectivity index (χ2v) is 6.68. The van der Waals surface area contributed by atoms with Gasteiger partial charge in [-0.2, -0.15) is 0 Å². The van der Waals surface area contributed by atoms with Crippen LogP contribution in [0.5, 0.6) is 0 Å². The van der Waals surface area contributed by atoms with E-state index in [2.05, 4.69) is 21.2 Å². The summed E-state index contributed by atoms with van der Waals surface area (Å²) in [6, 6.07) is 12.5. The Labute approximate surface area is 150 Å². The third-order valence-corrected chi connectivity index (χ3v) is 4.10. The van der Waals surface area contributed by atoms with Gasteiger partial charge in [-0.15, -0.1) is 0 Å². The van der Waals surface area contributed by atoms with Crippen LogP contribution in [0.1, 0.15) is 27.0 Å². The molecule has 0 saturated heterocycles. The maximum absolute atomic E-state index is 12.5. The van der Waals surface area contributed by atoms with Crippen molar-refractivity contribution in [3.8, 4) is 0 Å². The fraction of sp³-hybridized carbons (Fsp3) is 0.263. The number of methoxy groups -OCH3 is 1. The van der Waals surface area contributed by atoms with Crippen molar-refractivity contribution >= 4 is 27.8 Å². The highest BCUT2D eigenvalue weighted by molar-refractivity contribution is 9.10. The molecule has 5 heteroatoms. The molecule has 2 rings (SSSR count). The molecule has 0 aromatic heterocycles. The minimum Gasteiger partial charge on any atom is -0.467 e. The summed E-state index contributed by atoms with van der Waals surface area (Å²) >= 11 is 3.41. The second-order valence-electron chi connectivity index (χ2n) is 5.76. The Morgan fingerprint density at radius 2 is 1.79 bits per heavy atom. The van der Waals surface area contributed by atoms with Gasteiger partial charge in [-0.1, -0.05) is 45.3 Å². The molecule has 0 aliphatic carbocycles. The Bertz CT molecular complexity index is 738. The number of nitrogens with one attached hydrogen (secondary N) is 1. The first-order valence-corrected chi connectivity index (χ1v) is 8.40. The van der Waals surface area contributed by atoms with Crippen molar-refractivity contribution in [2.45, 2.75) is 26.3 Å². The highest BCUT2D eigenvalue weighted by Crippen LogP contribution is 2.14. The Hall–Kier alpha value is -2.14. The topological polar surface area (TPSA) is 55.4 Å². The summed E-state index contributed by atoms with van der Waals surface area (Å²) in [5.41, 5.74) is 3.47. The molecule has 0 aliphatic rings. The van der Waals surface area contributed by atoms with Crippen molar-refractivity contribution in [1.29, 1.82) is 0 Å². The van der Waals surface area contributed by atoms with Crippen LogP contribution in [0.4, 0.5) is 0 Å². The van der Waals surface area contributed by atoms with Gasteiger partial charge in [-0.25, -0.2) is 4.79 Å². The third-order valence-electron chi connectivity index (χ3n) is 3.60. The molecule has 0 spiro atoms. The molecule has 0 saturated carbocycles. The predicted molar refractivity (Wildman–Crippen MR) is 97.0 cm³/mol. The zero-order chi connectivity index (χ0) is 17.7. The summed E-state index contributed by atoms with van der Waals surface area (Å²) < 4.78 is 5.75. The van der Waals surface area contributed by atoms with Crippen LogP contribution in [-0.4, -0.2) is 25.0 Å². The quantitative estimate of drug-likeness (QED) is 0.795. The molecule has 4 nitrogen and oxygen atoms in total. The zero-order valence-corrected chi connectivity index (χ0v) is 15.5. The van der Waals surface area contributed by atoms with Gasteiger partial charge in [0.1, 0.15) is 6.04 Å². The van der Waals surface area contributed by atoms with Gasteiger partial charge >= 0.3 is 5.97 Å². The predicted octanol–water partition coefficient (Wildman–Crippen LogP) is 3.58. The van der Waals surface area contributed by atoms with Crippen LogP contribution in [0, 0.1) is 13.8 Å². The Balaban J connectivity index is 2.19. The summed E-state index contributed by atoms with van der Waals surface area (Å²) in [4.78, 5) is 24.6. The third kappa shape index (κ3) is 4.93. The second kappa shape index (κ2) is 8.11. The average molecular weight is 390 g/mol. The molecule has 0 radical (unpaired) electrons. The summed E-state index contributed by atoms with van der Waals surface area (Å²) in [7, 11) is 1.32. The van der Waals surface area contributed by atoms with E-state index < -0.39 is 12.0 Å². The van der Waals surface area contributed by atoms with E-state index in [1.165, 1.54) is 7.11 Å². The molecule has 0 heterocycles. The molecule has 1 atom stereocenters. The molecule has 0 bridgehead atoms. The van der Waals surface area contributed by atoms with Crippen LogP contribution in [-0.2, 0) is 16.0 Å². The molecule has 126 valence electrons. The first kappa shape index (κ1) is 18.2. The lowest BCUT2D eigenvalue weighted by Crippen LogP contribution is -2.43. The van der Waals surface area contributed by atoms with Gasteiger partial charge in [0.05, 0.1) is 7.11 Å². The van der Waals surface area contributed by atoms with Crippen LogP contribution < -0.4 is 5.32 Å². The van der Waals surface area contributed by atoms with Gasteiger partial charge < -0.3 is 10.1 Å². The normalized spacial score (nSPS) is 11.7. The first-order valence-electron chi connectivity index (χ1n) is 7.60. The van der Waals surface area contributed by atoms with Crippen molar-refractivity contribution in [2.24, 2.45) is 0 Å². The zero-order valence-electron chi connectivity index (χ0n) is 13.9. The number of hydrogen-bond donors (Lipinski definition) is 1. The molecular weight excluding hydrogens is 370 g/mol. The minimum absolute atomic E-state index is 0.285. The highest BCUT2D eigenvalue weighted by Gasteiger charge is 2.23. The number of benzene rings is 2. The van der Waals surface area contributed by atoms with E-state index >= 15 is 0 Å². The Morgan fingerprint density at radius 3 is 2.38 bits per heavy atom. The Morgan fingerprint density at radius 1 is 1.12 bits per heavy atom. The number of esters is 1. The largest absolute Gasteiger partial charge is 0.467 e. The number of hydrogen-bond acceptors (Lipinski definition) is 3. The van der Waals surface area contributed by atoms with Crippen LogP contribution in [0.15, 0.2) is 46.9 Å². The van der Waals surface area contributed by atoms with E-state index in [0.29, 0.717) is 12.0 Å². The maximum atomic E-state index is 12.5. The number of halogens is 1. The van der Waals surface area contributed by atoms with Gasteiger partial charge in [0, 0.05) is 16.5 Å². The van der Waals surface area contributed by atoms with Crippen LogP contribution in [0.2, 0.25) is 0 Å². The van der Waals surface area contributed by atoms with E-state index in [0.717, 1.165) is 21.2 Å². The molecule has 0 fully saturated rings. The van der Waals surface area contributed by atoms with E-state index in [1.54, 1.807) is 12.1 Å². The average Bonchev–Trinajstić information content (AvgIpc) is 2.52. The molecule has 2 aromatic rings. The number of aryl methyl sites for hydroxylation is 2. The lowest BCUT2D eigenvalue weighted by atomic mass is 10.0. The molecule has 1 amide bonds. The van der Waals surface area contributed by atoms with Crippen molar-refractivity contribution in [3.63, 3.8) is 0 Å². The number of ether oxygens (including phenoxy) is 1. The van der Waals surface area contributed by atoms with E-state index in [4.69, 9.17) is 4.74 Å². The number of carbonyl (C=O) groups is 2. The van der Waals surface area contributed by atoms with E-state index in [-0.39, 0.29) is 5.91 Å². The number of amides is 1. The first-order chi connectivity index (χ1) is 11.4. The van der Waals surface area contributed by atoms with Crippen LogP contribution in [0.3, 0.4) is 0 Å². The van der Waals surface area contributed by atoms with Gasteiger partial charge in [0.2, 0.25) is 0 Å². The summed E-state index contributed by atoms with van der Waals surface area (Å²) in [5.74, 6) is -0.750. The SMILES string of the molecule is COC(=O)[C@H](Cc1cccc(Br)c1)NC(=O)c1cc(C)cc(C)c1. The molecule has 0 aliphatic heterocycles. The van der Waals surface area contributed by atoms with Crippen molar-refractivity contribution < 1.29 is 14.3 Å². The lowest BCUT2D eigenvalue weighted by molar-refractivity contribution is -0.142. The fourth-order valence-corrected chi connectivity index (χ4v) is 3.03. The van der Waals surface area contributed by atoms with Gasteiger partial charge in [-0.3, -0.25) is 4.79 Å². The standard InChI is InChI=1S/C19H20BrNO3/c1-12-7-13(2)9-15(8-12)18(22)21-17(19(23)24-3)11-14-5-4-6-16(20)10-14/h4-10,17H,11H2,1-3H3,(H,21,22)/t17-/m0/s1. The van der Waals surface area contributed by atoms with Crippen LogP contribution in [0.25, 0.3) is 0 Å². The number of carbonyl (C=O) groups excluding carboxylic acids is 2. The molecule has 24 heavy (non-hydrogen) atoms. The van der Waals surface area contributed by atoms with Crippen molar-refractivity contribution in [1.82, 2.24) is 5.32 Å². The fourth-order valence-electron chi connectivity index (χ4n) is 2.58. The van der Waals surface area contributed by atoms with Gasteiger partial charge in [0.25, 0.3) is 5.91 Å². The van der Waals surface area contributed by atoms with Gasteiger partial charge in [0.15, 0.2) is 0 Å². The molecule has 0 unspecified atom stereocenters. The minimum atomic E-state index is -0.738. The van der Waals surface area contributed by atoms with E-state index in [9.17, 15) is 9.59 Å². The molecule has 1 N–H and O–H groups in total. The van der Waals surface area contributed by atoms with Crippen molar-refractivity contribution in [3.05, 3.63) is 69.2 Å². The Kier molecular flexibility index (Phi) is 6.15. The van der Waals surface area contributed by atoms with Crippen molar-refractivity contribution in [2.75, 3.05) is 7.11 Å². The van der Waals surface area contributed by atoms with Gasteiger partial charge in [-0.05, 0) is 43.7 Å². The summed E-state index contributed by atoms with van der Waals surface area (Å²) in [6.07, 6.45) is 0.364.